The number of carbonyl (C=O) groups is 1. The molecule has 0 saturated carbocycles. The van der Waals surface area contributed by atoms with E-state index in [0.717, 1.165) is 0 Å². The number of nitrogen functional groups attached to an aromatic ring is 1. The zero-order valence-corrected chi connectivity index (χ0v) is 7.67. The molecule has 1 rings (SSSR count). The van der Waals surface area contributed by atoms with Crippen molar-refractivity contribution in [3.8, 4) is 6.07 Å². The van der Waals surface area contributed by atoms with Crippen molar-refractivity contribution in [2.75, 3.05) is 5.73 Å². The fourth-order valence-corrected chi connectivity index (χ4v) is 0.859. The average Bonchev–Trinajstić information content (AvgIpc) is 2.50. The summed E-state index contributed by atoms with van der Waals surface area (Å²) in [5.74, 6) is -0.173. The molecule has 0 fully saturated rings. The minimum atomic E-state index is -0.740. The van der Waals surface area contributed by atoms with Crippen LogP contribution < -0.4 is 5.73 Å². The molecule has 1 heterocycles. The van der Waals surface area contributed by atoms with Crippen LogP contribution in [0.5, 0.6) is 0 Å². The molecule has 14 heavy (non-hydrogen) atoms. The van der Waals surface area contributed by atoms with Gasteiger partial charge in [0.1, 0.15) is 18.4 Å². The predicted molar refractivity (Wildman–Crippen MR) is 47.8 cm³/mol. The monoisotopic (exact) mass is 194 g/mol. The summed E-state index contributed by atoms with van der Waals surface area (Å²) in [6.45, 7) is 1.46. The molecule has 1 aromatic heterocycles. The highest BCUT2D eigenvalue weighted by Gasteiger charge is 2.09. The largest absolute Gasteiger partial charge is 0.446 e. The predicted octanol–water partition coefficient (Wildman–Crippen LogP) is -0.0794. The van der Waals surface area contributed by atoms with Gasteiger partial charge in [0.15, 0.2) is 6.10 Å². The molecule has 0 spiro atoms. The number of hydrogen-bond acceptors (Lipinski definition) is 5. The first-order chi connectivity index (χ1) is 6.61. The van der Waals surface area contributed by atoms with Crippen molar-refractivity contribution < 1.29 is 9.53 Å². The summed E-state index contributed by atoms with van der Waals surface area (Å²) >= 11 is 0. The second kappa shape index (κ2) is 4.28. The van der Waals surface area contributed by atoms with Gasteiger partial charge in [-0.05, 0) is 13.0 Å². The molecule has 0 amide bonds. The number of carbonyl (C=O) groups excluding carboxylic acids is 1. The van der Waals surface area contributed by atoms with Crippen LogP contribution in [0, 0.1) is 11.3 Å². The van der Waals surface area contributed by atoms with Gasteiger partial charge in [-0.2, -0.15) is 10.4 Å². The molecule has 0 aromatic carbocycles. The molecule has 0 aliphatic carbocycles. The summed E-state index contributed by atoms with van der Waals surface area (Å²) < 4.78 is 6.06. The Kier molecular flexibility index (Phi) is 3.07. The van der Waals surface area contributed by atoms with Crippen molar-refractivity contribution in [2.45, 2.75) is 19.6 Å². The zero-order chi connectivity index (χ0) is 10.6. The van der Waals surface area contributed by atoms with Crippen LogP contribution in [0.1, 0.15) is 6.92 Å². The number of rotatable bonds is 3. The molecule has 0 saturated heterocycles. The van der Waals surface area contributed by atoms with E-state index >= 15 is 0 Å². The van der Waals surface area contributed by atoms with Gasteiger partial charge in [0.2, 0.25) is 0 Å². The van der Waals surface area contributed by atoms with Gasteiger partial charge in [-0.25, -0.2) is 0 Å². The van der Waals surface area contributed by atoms with Crippen LogP contribution in [0.2, 0.25) is 0 Å². The van der Waals surface area contributed by atoms with Crippen molar-refractivity contribution in [3.05, 3.63) is 12.3 Å². The molecule has 2 N–H and O–H groups in total. The lowest BCUT2D eigenvalue weighted by molar-refractivity contribution is -0.146. The van der Waals surface area contributed by atoms with E-state index in [2.05, 4.69) is 5.10 Å². The first kappa shape index (κ1) is 10.1. The van der Waals surface area contributed by atoms with E-state index in [4.69, 9.17) is 15.7 Å². The number of hydrogen-bond donors (Lipinski definition) is 1. The van der Waals surface area contributed by atoms with Crippen LogP contribution in [0.4, 0.5) is 5.82 Å². The quantitative estimate of drug-likeness (QED) is 0.679. The van der Waals surface area contributed by atoms with Crippen LogP contribution in [0.25, 0.3) is 0 Å². The summed E-state index contributed by atoms with van der Waals surface area (Å²) in [4.78, 5) is 11.1. The standard InChI is InChI=1S/C8H10N4O2/c1-6(4-9)14-8(13)5-12-3-2-7(10)11-12/h2-3,6H,5H2,1H3,(H2,10,11). The summed E-state index contributed by atoms with van der Waals surface area (Å²) in [6.07, 6.45) is 0.823. The molecule has 0 aliphatic rings. The first-order valence-electron chi connectivity index (χ1n) is 4.00. The third kappa shape index (κ3) is 2.79. The lowest BCUT2D eigenvalue weighted by Crippen LogP contribution is -2.18. The number of nitriles is 1. The summed E-state index contributed by atoms with van der Waals surface area (Å²) in [7, 11) is 0. The average molecular weight is 194 g/mol. The van der Waals surface area contributed by atoms with Gasteiger partial charge >= 0.3 is 5.97 Å². The minimum Gasteiger partial charge on any atom is -0.446 e. The van der Waals surface area contributed by atoms with Crippen LogP contribution in [0.3, 0.4) is 0 Å². The van der Waals surface area contributed by atoms with E-state index in [9.17, 15) is 4.79 Å². The van der Waals surface area contributed by atoms with Crippen molar-refractivity contribution in [3.63, 3.8) is 0 Å². The van der Waals surface area contributed by atoms with Gasteiger partial charge in [0.25, 0.3) is 0 Å². The van der Waals surface area contributed by atoms with E-state index in [1.54, 1.807) is 18.3 Å². The highest BCUT2D eigenvalue weighted by molar-refractivity contribution is 5.69. The highest BCUT2D eigenvalue weighted by atomic mass is 16.5. The fraction of sp³-hybridized carbons (Fsp3) is 0.375. The molecular weight excluding hydrogens is 184 g/mol. The van der Waals surface area contributed by atoms with Gasteiger partial charge in [-0.3, -0.25) is 9.48 Å². The third-order valence-electron chi connectivity index (χ3n) is 1.44. The maximum absolute atomic E-state index is 11.1. The third-order valence-corrected chi connectivity index (χ3v) is 1.44. The Balaban J connectivity index is 2.46. The Bertz CT molecular complexity index is 366. The van der Waals surface area contributed by atoms with Gasteiger partial charge in [-0.1, -0.05) is 0 Å². The van der Waals surface area contributed by atoms with Crippen molar-refractivity contribution >= 4 is 11.8 Å². The second-order valence-electron chi connectivity index (χ2n) is 2.70. The Morgan fingerprint density at radius 3 is 3.14 bits per heavy atom. The van der Waals surface area contributed by atoms with Crippen LogP contribution in [-0.2, 0) is 16.1 Å². The van der Waals surface area contributed by atoms with Crippen molar-refractivity contribution in [1.29, 1.82) is 5.26 Å². The Labute approximate surface area is 80.9 Å². The molecule has 1 atom stereocenters. The SMILES string of the molecule is CC(C#N)OC(=O)Cn1ccc(N)n1. The maximum atomic E-state index is 11.1. The van der Waals surface area contributed by atoms with Gasteiger partial charge in [0, 0.05) is 6.20 Å². The number of anilines is 1. The van der Waals surface area contributed by atoms with E-state index in [-0.39, 0.29) is 6.54 Å². The van der Waals surface area contributed by atoms with E-state index in [1.165, 1.54) is 11.6 Å². The van der Waals surface area contributed by atoms with Crippen LogP contribution in [-0.4, -0.2) is 21.9 Å². The van der Waals surface area contributed by atoms with E-state index in [1.807, 2.05) is 0 Å². The smallest absolute Gasteiger partial charge is 0.329 e. The van der Waals surface area contributed by atoms with E-state index < -0.39 is 12.1 Å². The summed E-state index contributed by atoms with van der Waals surface area (Å²) in [5, 5.41) is 12.2. The fourth-order valence-electron chi connectivity index (χ4n) is 0.859. The summed E-state index contributed by atoms with van der Waals surface area (Å²) in [5.41, 5.74) is 5.35. The Morgan fingerprint density at radius 1 is 1.93 bits per heavy atom. The topological polar surface area (TPSA) is 93.9 Å². The minimum absolute atomic E-state index is 0.0385. The number of esters is 1. The maximum Gasteiger partial charge on any atom is 0.329 e. The number of ether oxygens (including phenoxy) is 1. The van der Waals surface area contributed by atoms with Crippen LogP contribution in [0.15, 0.2) is 12.3 Å². The highest BCUT2D eigenvalue weighted by Crippen LogP contribution is 1.97. The lowest BCUT2D eigenvalue weighted by atomic mass is 10.4. The van der Waals surface area contributed by atoms with Crippen LogP contribution >= 0.6 is 0 Å². The molecule has 0 aliphatic heterocycles. The Hall–Kier alpha value is -2.03. The molecule has 6 nitrogen and oxygen atoms in total. The molecule has 1 unspecified atom stereocenters. The number of nitrogens with two attached hydrogens (primary N) is 1. The number of nitrogens with zero attached hydrogens (tertiary/aromatic N) is 3. The van der Waals surface area contributed by atoms with Crippen molar-refractivity contribution in [2.24, 2.45) is 0 Å². The zero-order valence-electron chi connectivity index (χ0n) is 7.67. The molecular formula is C8H10N4O2. The lowest BCUT2D eigenvalue weighted by Gasteiger charge is -2.05. The first-order valence-corrected chi connectivity index (χ1v) is 4.00. The van der Waals surface area contributed by atoms with Gasteiger partial charge in [0.05, 0.1) is 0 Å². The molecule has 6 heteroatoms. The normalized spacial score (nSPS) is 11.7. The molecule has 0 radical (unpaired) electrons. The Morgan fingerprint density at radius 2 is 2.64 bits per heavy atom. The second-order valence-corrected chi connectivity index (χ2v) is 2.70. The number of aromatic nitrogens is 2. The molecule has 74 valence electrons. The van der Waals surface area contributed by atoms with Crippen molar-refractivity contribution in [1.82, 2.24) is 9.78 Å². The van der Waals surface area contributed by atoms with Gasteiger partial charge in [-0.15, -0.1) is 0 Å². The summed E-state index contributed by atoms with van der Waals surface area (Å²) in [6, 6.07) is 3.36. The molecule has 1 aromatic rings. The van der Waals surface area contributed by atoms with E-state index in [0.29, 0.717) is 5.82 Å². The molecule has 0 bridgehead atoms. The van der Waals surface area contributed by atoms with Gasteiger partial charge < -0.3 is 10.5 Å².